The summed E-state index contributed by atoms with van der Waals surface area (Å²) in [6.45, 7) is 0.572. The largest absolute Gasteiger partial charge is 0.507 e. The summed E-state index contributed by atoms with van der Waals surface area (Å²) in [6, 6.07) is 9.94. The molecule has 33 heavy (non-hydrogen) atoms. The van der Waals surface area contributed by atoms with E-state index in [-0.39, 0.29) is 28.1 Å². The second-order valence-corrected chi connectivity index (χ2v) is 10.3. The number of halogens is 1. The first-order valence-corrected chi connectivity index (χ1v) is 11.6. The molecule has 1 aliphatic rings. The van der Waals surface area contributed by atoms with Crippen molar-refractivity contribution < 1.29 is 27.5 Å². The van der Waals surface area contributed by atoms with E-state index in [1.54, 1.807) is 20.2 Å². The summed E-state index contributed by atoms with van der Waals surface area (Å²) in [5, 5.41) is 11.0. The number of rotatable bonds is 7. The van der Waals surface area contributed by atoms with Crippen molar-refractivity contribution in [3.63, 3.8) is 0 Å². The molecule has 1 heterocycles. The highest BCUT2D eigenvalue weighted by Gasteiger charge is 2.46. The van der Waals surface area contributed by atoms with Gasteiger partial charge in [-0.2, -0.15) is 0 Å². The molecule has 0 radical (unpaired) electrons. The van der Waals surface area contributed by atoms with Crippen LogP contribution in [0.1, 0.15) is 17.2 Å². The summed E-state index contributed by atoms with van der Waals surface area (Å²) in [6.07, 6.45) is 0. The summed E-state index contributed by atoms with van der Waals surface area (Å²) in [4.78, 5) is 28.8. The molecule has 2 aromatic carbocycles. The molecule has 2 aromatic rings. The van der Waals surface area contributed by atoms with Gasteiger partial charge in [-0.25, -0.2) is 17.1 Å². The highest BCUT2D eigenvalue weighted by molar-refractivity contribution is 7.89. The van der Waals surface area contributed by atoms with Crippen LogP contribution in [0, 0.1) is 5.82 Å². The normalized spacial score (nSPS) is 18.5. The maximum absolute atomic E-state index is 14.7. The van der Waals surface area contributed by atoms with Crippen molar-refractivity contribution >= 4 is 27.5 Å². The number of carbonyl (C=O) groups excluding carboxylic acids is 2. The highest BCUT2D eigenvalue weighted by atomic mass is 32.2. The molecule has 1 atom stereocenters. The Labute approximate surface area is 192 Å². The van der Waals surface area contributed by atoms with Gasteiger partial charge in [0.1, 0.15) is 11.6 Å². The van der Waals surface area contributed by atoms with Crippen molar-refractivity contribution in [3.05, 3.63) is 71.0 Å². The van der Waals surface area contributed by atoms with Crippen LogP contribution in [0.5, 0.6) is 0 Å². The Bertz CT molecular complexity index is 1210. The summed E-state index contributed by atoms with van der Waals surface area (Å²) in [5.74, 6) is -2.87. The molecule has 0 saturated carbocycles. The Morgan fingerprint density at radius 2 is 1.64 bits per heavy atom. The van der Waals surface area contributed by atoms with Gasteiger partial charge in [-0.1, -0.05) is 18.2 Å². The molecule has 0 bridgehead atoms. The number of aliphatic hydroxyl groups excluding tert-OH is 1. The average Bonchev–Trinajstić information content (AvgIpc) is 3.02. The van der Waals surface area contributed by atoms with E-state index < -0.39 is 39.3 Å². The minimum absolute atomic E-state index is 0.00105. The number of aliphatic hydroxyl groups is 1. The van der Waals surface area contributed by atoms with Crippen LogP contribution in [0.3, 0.4) is 0 Å². The van der Waals surface area contributed by atoms with Crippen molar-refractivity contribution in [2.45, 2.75) is 10.9 Å². The molecule has 1 N–H and O–H groups in total. The zero-order chi connectivity index (χ0) is 24.5. The Hall–Kier alpha value is -3.08. The molecular formula is C23H26FN3O5S. The third-order valence-electron chi connectivity index (χ3n) is 5.43. The maximum atomic E-state index is 14.7. The minimum Gasteiger partial charge on any atom is -0.507 e. The molecule has 1 fully saturated rings. The van der Waals surface area contributed by atoms with Crippen LogP contribution in [0.15, 0.2) is 59.0 Å². The van der Waals surface area contributed by atoms with Gasteiger partial charge in [-0.15, -0.1) is 0 Å². The van der Waals surface area contributed by atoms with Gasteiger partial charge in [0.2, 0.25) is 10.0 Å². The third kappa shape index (κ3) is 4.68. The highest BCUT2D eigenvalue weighted by Crippen LogP contribution is 2.40. The maximum Gasteiger partial charge on any atom is 0.295 e. The number of likely N-dealkylation sites (tertiary alicyclic amines) is 1. The fourth-order valence-corrected chi connectivity index (χ4v) is 4.49. The Morgan fingerprint density at radius 1 is 1.03 bits per heavy atom. The number of nitrogens with zero attached hydrogens (tertiary/aromatic N) is 3. The van der Waals surface area contributed by atoms with Crippen molar-refractivity contribution in [1.29, 1.82) is 0 Å². The van der Waals surface area contributed by atoms with Gasteiger partial charge in [0, 0.05) is 38.3 Å². The number of likely N-dealkylation sites (N-methyl/N-ethyl adjacent to an activating group) is 1. The molecule has 1 saturated heterocycles. The minimum atomic E-state index is -3.69. The van der Waals surface area contributed by atoms with Crippen LogP contribution in [0.25, 0.3) is 5.76 Å². The SMILES string of the molecule is CN(C)CCN1C(=O)C(=O)/C(=C(/O)c2ccc(S(=O)(=O)N(C)C)cc2)[C@@H]1c1ccccc1F. The van der Waals surface area contributed by atoms with Crippen LogP contribution in [0.2, 0.25) is 0 Å². The van der Waals surface area contributed by atoms with E-state index in [9.17, 15) is 27.5 Å². The van der Waals surface area contributed by atoms with Gasteiger partial charge in [-0.3, -0.25) is 9.59 Å². The number of carbonyl (C=O) groups is 2. The fourth-order valence-electron chi connectivity index (χ4n) is 3.59. The molecule has 8 nitrogen and oxygen atoms in total. The first kappa shape index (κ1) is 24.6. The number of sulfonamides is 1. The van der Waals surface area contributed by atoms with Crippen LogP contribution >= 0.6 is 0 Å². The second-order valence-electron chi connectivity index (χ2n) is 8.13. The van der Waals surface area contributed by atoms with E-state index in [0.29, 0.717) is 6.54 Å². The summed E-state index contributed by atoms with van der Waals surface area (Å²) in [7, 11) is 2.71. The lowest BCUT2D eigenvalue weighted by atomic mass is 9.95. The monoisotopic (exact) mass is 475 g/mol. The summed E-state index contributed by atoms with van der Waals surface area (Å²) >= 11 is 0. The molecule has 3 rings (SSSR count). The Balaban J connectivity index is 2.14. The third-order valence-corrected chi connectivity index (χ3v) is 7.26. The number of amides is 1. The lowest BCUT2D eigenvalue weighted by Crippen LogP contribution is -2.35. The summed E-state index contributed by atoms with van der Waals surface area (Å²) < 4.78 is 40.4. The first-order chi connectivity index (χ1) is 15.5. The Morgan fingerprint density at radius 3 is 2.18 bits per heavy atom. The molecule has 1 amide bonds. The molecule has 0 spiro atoms. The number of benzene rings is 2. The smallest absolute Gasteiger partial charge is 0.295 e. The number of hydrogen-bond donors (Lipinski definition) is 1. The van der Waals surface area contributed by atoms with Crippen molar-refractivity contribution in [3.8, 4) is 0 Å². The fraction of sp³-hybridized carbons (Fsp3) is 0.304. The molecule has 10 heteroatoms. The van der Waals surface area contributed by atoms with E-state index in [1.165, 1.54) is 61.5 Å². The quantitative estimate of drug-likeness (QED) is 0.374. The molecular weight excluding hydrogens is 449 g/mol. The van der Waals surface area contributed by atoms with E-state index in [2.05, 4.69) is 0 Å². The van der Waals surface area contributed by atoms with Gasteiger partial charge in [-0.05, 0) is 44.4 Å². The van der Waals surface area contributed by atoms with Crippen molar-refractivity contribution in [2.24, 2.45) is 0 Å². The van der Waals surface area contributed by atoms with Gasteiger partial charge in [0.25, 0.3) is 11.7 Å². The molecule has 0 unspecified atom stereocenters. The number of Topliss-reactive ketones (excluding diaryl/α,β-unsaturated/α-hetero) is 1. The predicted octanol–water partition coefficient (Wildman–Crippen LogP) is 2.06. The van der Waals surface area contributed by atoms with Crippen LogP contribution in [0.4, 0.5) is 4.39 Å². The van der Waals surface area contributed by atoms with Crippen molar-refractivity contribution in [1.82, 2.24) is 14.1 Å². The van der Waals surface area contributed by atoms with Crippen molar-refractivity contribution in [2.75, 3.05) is 41.3 Å². The second kappa shape index (κ2) is 9.42. The molecule has 176 valence electrons. The number of hydrogen-bond acceptors (Lipinski definition) is 6. The molecule has 0 aromatic heterocycles. The molecule has 1 aliphatic heterocycles. The lowest BCUT2D eigenvalue weighted by Gasteiger charge is -2.26. The van der Waals surface area contributed by atoms with Gasteiger partial charge < -0.3 is 14.9 Å². The van der Waals surface area contributed by atoms with Crippen LogP contribution in [-0.4, -0.2) is 80.6 Å². The van der Waals surface area contributed by atoms with Gasteiger partial charge in [0.15, 0.2) is 0 Å². The molecule has 0 aliphatic carbocycles. The first-order valence-electron chi connectivity index (χ1n) is 10.2. The lowest BCUT2D eigenvalue weighted by molar-refractivity contribution is -0.140. The van der Waals surface area contributed by atoms with Crippen LogP contribution in [-0.2, 0) is 19.6 Å². The standard InChI is InChI=1S/C23H26FN3O5S/c1-25(2)13-14-27-20(17-7-5-6-8-18(17)24)19(22(29)23(27)30)21(28)15-9-11-16(12-10-15)33(31,32)26(3)4/h5-12,20,28H,13-14H2,1-4H3/b21-19+/t20-/m0/s1. The zero-order valence-electron chi connectivity index (χ0n) is 18.8. The number of ketones is 1. The van der Waals surface area contributed by atoms with E-state index in [0.717, 1.165) is 4.31 Å². The summed E-state index contributed by atoms with van der Waals surface area (Å²) in [5.41, 5.74) is -0.0180. The van der Waals surface area contributed by atoms with E-state index >= 15 is 0 Å². The topological polar surface area (TPSA) is 98.2 Å². The van der Waals surface area contributed by atoms with E-state index in [1.807, 2.05) is 4.90 Å². The van der Waals surface area contributed by atoms with E-state index in [4.69, 9.17) is 0 Å². The average molecular weight is 476 g/mol. The van der Waals surface area contributed by atoms with Gasteiger partial charge >= 0.3 is 0 Å². The Kier molecular flexibility index (Phi) is 7.01. The zero-order valence-corrected chi connectivity index (χ0v) is 19.6. The predicted molar refractivity (Wildman–Crippen MR) is 121 cm³/mol. The van der Waals surface area contributed by atoms with Gasteiger partial charge in [0.05, 0.1) is 16.5 Å². The van der Waals surface area contributed by atoms with Crippen LogP contribution < -0.4 is 0 Å².